The Morgan fingerprint density at radius 1 is 1.40 bits per heavy atom. The SMILES string of the molecule is CCCCc1cc(Cl)c(O)c(CNO)c1. The quantitative estimate of drug-likeness (QED) is 0.681. The van der Waals surface area contributed by atoms with Crippen molar-refractivity contribution in [3.05, 3.63) is 28.3 Å². The van der Waals surface area contributed by atoms with Crippen LogP contribution in [0.2, 0.25) is 5.02 Å². The van der Waals surface area contributed by atoms with E-state index in [0.29, 0.717) is 10.6 Å². The van der Waals surface area contributed by atoms with Gasteiger partial charge in [-0.2, -0.15) is 0 Å². The summed E-state index contributed by atoms with van der Waals surface area (Å²) in [5, 5.41) is 18.5. The molecule has 0 amide bonds. The summed E-state index contributed by atoms with van der Waals surface area (Å²) in [6.45, 7) is 2.32. The Labute approximate surface area is 94.7 Å². The van der Waals surface area contributed by atoms with Crippen LogP contribution in [0.15, 0.2) is 12.1 Å². The van der Waals surface area contributed by atoms with Crippen molar-refractivity contribution < 1.29 is 10.3 Å². The molecule has 3 N–H and O–H groups in total. The van der Waals surface area contributed by atoms with Gasteiger partial charge in [-0.15, -0.1) is 0 Å². The van der Waals surface area contributed by atoms with Gasteiger partial charge in [-0.3, -0.25) is 0 Å². The second kappa shape index (κ2) is 5.95. The summed E-state index contributed by atoms with van der Waals surface area (Å²) >= 11 is 5.87. The van der Waals surface area contributed by atoms with Crippen molar-refractivity contribution in [3.63, 3.8) is 0 Å². The third kappa shape index (κ3) is 3.38. The third-order valence-electron chi connectivity index (χ3n) is 2.29. The lowest BCUT2D eigenvalue weighted by atomic mass is 10.0. The maximum atomic E-state index is 9.60. The third-order valence-corrected chi connectivity index (χ3v) is 2.58. The number of hydroxylamine groups is 1. The fraction of sp³-hybridized carbons (Fsp3) is 0.455. The summed E-state index contributed by atoms with van der Waals surface area (Å²) < 4.78 is 0. The van der Waals surface area contributed by atoms with Crippen LogP contribution in [0.4, 0.5) is 0 Å². The topological polar surface area (TPSA) is 52.5 Å². The molecular weight excluding hydrogens is 214 g/mol. The molecule has 0 unspecified atom stereocenters. The molecule has 1 aromatic rings. The second-order valence-corrected chi connectivity index (χ2v) is 3.93. The molecule has 0 fully saturated rings. The predicted molar refractivity (Wildman–Crippen MR) is 60.4 cm³/mol. The number of benzene rings is 1. The van der Waals surface area contributed by atoms with Crippen molar-refractivity contribution in [3.8, 4) is 5.75 Å². The molecule has 1 aromatic carbocycles. The van der Waals surface area contributed by atoms with Gasteiger partial charge in [0, 0.05) is 12.1 Å². The van der Waals surface area contributed by atoms with Crippen molar-refractivity contribution in [2.75, 3.05) is 0 Å². The number of aryl methyl sites for hydroxylation is 1. The van der Waals surface area contributed by atoms with E-state index in [2.05, 4.69) is 6.92 Å². The number of hydrogen-bond acceptors (Lipinski definition) is 3. The van der Waals surface area contributed by atoms with E-state index in [1.807, 2.05) is 11.5 Å². The predicted octanol–water partition coefficient (Wildman–Crippen LogP) is 2.87. The molecule has 0 aliphatic rings. The van der Waals surface area contributed by atoms with E-state index in [9.17, 15) is 5.11 Å². The van der Waals surface area contributed by atoms with Crippen molar-refractivity contribution in [1.82, 2.24) is 5.48 Å². The summed E-state index contributed by atoms with van der Waals surface area (Å²) in [6, 6.07) is 3.63. The smallest absolute Gasteiger partial charge is 0.138 e. The van der Waals surface area contributed by atoms with E-state index < -0.39 is 0 Å². The first-order valence-corrected chi connectivity index (χ1v) is 5.44. The van der Waals surface area contributed by atoms with E-state index in [-0.39, 0.29) is 12.3 Å². The highest BCUT2D eigenvalue weighted by Crippen LogP contribution is 2.29. The van der Waals surface area contributed by atoms with E-state index in [0.717, 1.165) is 24.8 Å². The molecule has 0 atom stereocenters. The Balaban J connectivity index is 2.90. The van der Waals surface area contributed by atoms with Gasteiger partial charge in [0.25, 0.3) is 0 Å². The minimum atomic E-state index is 0.0402. The van der Waals surface area contributed by atoms with Crippen LogP contribution in [0.3, 0.4) is 0 Å². The Hall–Kier alpha value is -0.770. The fourth-order valence-electron chi connectivity index (χ4n) is 1.46. The molecule has 0 heterocycles. The van der Waals surface area contributed by atoms with Gasteiger partial charge in [-0.1, -0.05) is 31.0 Å². The Kier molecular flexibility index (Phi) is 4.88. The van der Waals surface area contributed by atoms with Gasteiger partial charge in [-0.05, 0) is 24.5 Å². The Bertz CT molecular complexity index is 329. The van der Waals surface area contributed by atoms with Crippen LogP contribution in [0.1, 0.15) is 30.9 Å². The minimum absolute atomic E-state index is 0.0402. The van der Waals surface area contributed by atoms with Crippen LogP contribution in [-0.2, 0) is 13.0 Å². The van der Waals surface area contributed by atoms with Gasteiger partial charge < -0.3 is 10.3 Å². The Morgan fingerprint density at radius 2 is 2.13 bits per heavy atom. The van der Waals surface area contributed by atoms with Crippen LogP contribution < -0.4 is 5.48 Å². The summed E-state index contributed by atoms with van der Waals surface area (Å²) in [5.41, 5.74) is 3.73. The number of phenols is 1. The monoisotopic (exact) mass is 229 g/mol. The number of unbranched alkanes of at least 4 members (excludes halogenated alkanes) is 1. The fourth-order valence-corrected chi connectivity index (χ4v) is 1.73. The molecule has 0 spiro atoms. The molecule has 0 saturated carbocycles. The van der Waals surface area contributed by atoms with Crippen molar-refractivity contribution in [2.45, 2.75) is 32.7 Å². The first-order chi connectivity index (χ1) is 7.19. The summed E-state index contributed by atoms with van der Waals surface area (Å²) in [4.78, 5) is 0. The molecule has 0 aliphatic carbocycles. The maximum Gasteiger partial charge on any atom is 0.138 e. The summed E-state index contributed by atoms with van der Waals surface area (Å²) in [6.07, 6.45) is 3.15. The minimum Gasteiger partial charge on any atom is -0.506 e. The summed E-state index contributed by atoms with van der Waals surface area (Å²) in [7, 11) is 0. The van der Waals surface area contributed by atoms with Crippen molar-refractivity contribution in [2.24, 2.45) is 0 Å². The number of aromatic hydroxyl groups is 1. The van der Waals surface area contributed by atoms with Crippen molar-refractivity contribution >= 4 is 11.6 Å². The normalized spacial score (nSPS) is 10.6. The number of nitrogens with one attached hydrogen (secondary N) is 1. The molecule has 0 aliphatic heterocycles. The number of rotatable bonds is 5. The van der Waals surface area contributed by atoms with Gasteiger partial charge >= 0.3 is 0 Å². The molecule has 0 radical (unpaired) electrons. The zero-order valence-corrected chi connectivity index (χ0v) is 9.51. The van der Waals surface area contributed by atoms with Gasteiger partial charge in [0.05, 0.1) is 5.02 Å². The highest BCUT2D eigenvalue weighted by Gasteiger charge is 2.07. The van der Waals surface area contributed by atoms with Crippen LogP contribution in [0, 0.1) is 0 Å². The van der Waals surface area contributed by atoms with Gasteiger partial charge in [0.1, 0.15) is 5.75 Å². The molecule has 1 rings (SSSR count). The Morgan fingerprint density at radius 3 is 2.73 bits per heavy atom. The van der Waals surface area contributed by atoms with Crippen molar-refractivity contribution in [1.29, 1.82) is 0 Å². The average molecular weight is 230 g/mol. The lowest BCUT2D eigenvalue weighted by molar-refractivity contribution is 0.160. The van der Waals surface area contributed by atoms with Crippen LogP contribution in [-0.4, -0.2) is 10.3 Å². The zero-order valence-electron chi connectivity index (χ0n) is 8.76. The molecule has 0 bridgehead atoms. The molecule has 4 heteroatoms. The highest BCUT2D eigenvalue weighted by atomic mass is 35.5. The van der Waals surface area contributed by atoms with Gasteiger partial charge in [0.15, 0.2) is 0 Å². The number of hydrogen-bond donors (Lipinski definition) is 3. The second-order valence-electron chi connectivity index (χ2n) is 3.52. The van der Waals surface area contributed by atoms with E-state index in [4.69, 9.17) is 16.8 Å². The van der Waals surface area contributed by atoms with E-state index in [1.165, 1.54) is 0 Å². The van der Waals surface area contributed by atoms with E-state index in [1.54, 1.807) is 6.07 Å². The average Bonchev–Trinajstić information content (AvgIpc) is 2.22. The number of halogens is 1. The largest absolute Gasteiger partial charge is 0.506 e. The first-order valence-electron chi connectivity index (χ1n) is 5.06. The van der Waals surface area contributed by atoms with E-state index >= 15 is 0 Å². The van der Waals surface area contributed by atoms with Crippen LogP contribution in [0.25, 0.3) is 0 Å². The first kappa shape index (κ1) is 12.3. The van der Waals surface area contributed by atoms with Gasteiger partial charge in [-0.25, -0.2) is 5.48 Å². The highest BCUT2D eigenvalue weighted by molar-refractivity contribution is 6.32. The summed E-state index contributed by atoms with van der Waals surface area (Å²) in [5.74, 6) is 0.0402. The maximum absolute atomic E-state index is 9.60. The molecular formula is C11H16ClNO2. The standard InChI is InChI=1S/C11H16ClNO2/c1-2-3-4-8-5-9(7-13-15)11(14)10(12)6-8/h5-6,13-15H,2-4,7H2,1H3. The lowest BCUT2D eigenvalue weighted by Crippen LogP contribution is -2.06. The lowest BCUT2D eigenvalue weighted by Gasteiger charge is -2.08. The zero-order chi connectivity index (χ0) is 11.3. The molecule has 0 aromatic heterocycles. The molecule has 84 valence electrons. The van der Waals surface area contributed by atoms with Crippen LogP contribution >= 0.6 is 11.6 Å². The van der Waals surface area contributed by atoms with Gasteiger partial charge in [0.2, 0.25) is 0 Å². The van der Waals surface area contributed by atoms with Crippen LogP contribution in [0.5, 0.6) is 5.75 Å². The molecule has 3 nitrogen and oxygen atoms in total. The molecule has 0 saturated heterocycles. The number of phenolic OH excluding ortho intramolecular Hbond substituents is 1. The molecule has 15 heavy (non-hydrogen) atoms.